The smallest absolute Gasteiger partial charge is 0.0352 e. The molecule has 1 aromatic rings. The SMILES string of the molecule is C#Cc1c(C2=C(C)CC(C)=C2)ccc(C)c1C. The van der Waals surface area contributed by atoms with E-state index in [1.807, 2.05) is 0 Å². The minimum absolute atomic E-state index is 1.05. The van der Waals surface area contributed by atoms with Crippen molar-refractivity contribution >= 4 is 5.57 Å². The van der Waals surface area contributed by atoms with Gasteiger partial charge in [-0.1, -0.05) is 35.3 Å². The van der Waals surface area contributed by atoms with Crippen molar-refractivity contribution < 1.29 is 0 Å². The molecule has 0 heteroatoms. The molecular weight excluding hydrogens is 204 g/mol. The molecule has 1 aromatic carbocycles. The van der Waals surface area contributed by atoms with Gasteiger partial charge < -0.3 is 0 Å². The first-order valence-electron chi connectivity index (χ1n) is 5.98. The van der Waals surface area contributed by atoms with E-state index in [0.717, 1.165) is 12.0 Å². The minimum atomic E-state index is 1.05. The highest BCUT2D eigenvalue weighted by Gasteiger charge is 2.15. The van der Waals surface area contributed by atoms with E-state index in [1.165, 1.54) is 33.4 Å². The molecule has 0 aromatic heterocycles. The van der Waals surface area contributed by atoms with Crippen LogP contribution in [-0.2, 0) is 0 Å². The molecule has 0 saturated heterocycles. The van der Waals surface area contributed by atoms with E-state index in [1.54, 1.807) is 0 Å². The molecule has 0 spiro atoms. The van der Waals surface area contributed by atoms with Crippen molar-refractivity contribution in [3.63, 3.8) is 0 Å². The van der Waals surface area contributed by atoms with Gasteiger partial charge in [-0.15, -0.1) is 6.42 Å². The van der Waals surface area contributed by atoms with Crippen LogP contribution in [0.5, 0.6) is 0 Å². The van der Waals surface area contributed by atoms with Crippen LogP contribution in [0.25, 0.3) is 5.57 Å². The lowest BCUT2D eigenvalue weighted by molar-refractivity contribution is 1.15. The number of terminal acetylenes is 1. The molecule has 0 amide bonds. The van der Waals surface area contributed by atoms with E-state index in [2.05, 4.69) is 51.8 Å². The maximum Gasteiger partial charge on any atom is 0.0352 e. The van der Waals surface area contributed by atoms with E-state index in [9.17, 15) is 0 Å². The van der Waals surface area contributed by atoms with Crippen molar-refractivity contribution in [2.45, 2.75) is 34.1 Å². The van der Waals surface area contributed by atoms with Crippen LogP contribution >= 0.6 is 0 Å². The lowest BCUT2D eigenvalue weighted by atomic mass is 9.92. The van der Waals surface area contributed by atoms with Crippen LogP contribution in [0.3, 0.4) is 0 Å². The third-order valence-electron chi connectivity index (χ3n) is 3.56. The van der Waals surface area contributed by atoms with Crippen LogP contribution in [0, 0.1) is 26.2 Å². The van der Waals surface area contributed by atoms with Crippen molar-refractivity contribution in [2.24, 2.45) is 0 Å². The summed E-state index contributed by atoms with van der Waals surface area (Å²) in [6.45, 7) is 8.58. The summed E-state index contributed by atoms with van der Waals surface area (Å²) in [6, 6.07) is 4.32. The number of hydrogen-bond donors (Lipinski definition) is 0. The second-order valence-corrected chi connectivity index (χ2v) is 4.94. The summed E-state index contributed by atoms with van der Waals surface area (Å²) in [4.78, 5) is 0. The van der Waals surface area contributed by atoms with Gasteiger partial charge in [-0.25, -0.2) is 0 Å². The maximum absolute atomic E-state index is 5.67. The fourth-order valence-corrected chi connectivity index (χ4v) is 2.47. The van der Waals surface area contributed by atoms with Gasteiger partial charge in [0.05, 0.1) is 0 Å². The summed E-state index contributed by atoms with van der Waals surface area (Å²) in [5, 5.41) is 0. The molecule has 0 fully saturated rings. The summed E-state index contributed by atoms with van der Waals surface area (Å²) >= 11 is 0. The van der Waals surface area contributed by atoms with E-state index < -0.39 is 0 Å². The average Bonchev–Trinajstić information content (AvgIpc) is 2.61. The molecule has 0 nitrogen and oxygen atoms in total. The number of aryl methyl sites for hydroxylation is 1. The Labute approximate surface area is 104 Å². The largest absolute Gasteiger partial charge is 0.115 e. The van der Waals surface area contributed by atoms with E-state index in [-0.39, 0.29) is 0 Å². The lowest BCUT2D eigenvalue weighted by Gasteiger charge is -2.11. The van der Waals surface area contributed by atoms with Crippen molar-refractivity contribution in [1.82, 2.24) is 0 Å². The predicted octanol–water partition coefficient (Wildman–Crippen LogP) is 4.41. The topological polar surface area (TPSA) is 0 Å². The lowest BCUT2D eigenvalue weighted by Crippen LogP contribution is -1.94. The number of benzene rings is 1. The number of hydrogen-bond acceptors (Lipinski definition) is 0. The molecule has 0 radical (unpaired) electrons. The first-order valence-corrected chi connectivity index (χ1v) is 5.98. The number of rotatable bonds is 1. The van der Waals surface area contributed by atoms with Gasteiger partial charge in [-0.3, -0.25) is 0 Å². The predicted molar refractivity (Wildman–Crippen MR) is 74.8 cm³/mol. The van der Waals surface area contributed by atoms with Gasteiger partial charge >= 0.3 is 0 Å². The Morgan fingerprint density at radius 3 is 2.35 bits per heavy atom. The van der Waals surface area contributed by atoms with Gasteiger partial charge in [0.15, 0.2) is 0 Å². The van der Waals surface area contributed by atoms with E-state index >= 15 is 0 Å². The Balaban J connectivity index is 2.67. The Hall–Kier alpha value is -1.74. The number of allylic oxidation sites excluding steroid dienone is 4. The fourth-order valence-electron chi connectivity index (χ4n) is 2.47. The summed E-state index contributed by atoms with van der Waals surface area (Å²) in [6.07, 6.45) is 9.01. The molecule has 2 rings (SSSR count). The second kappa shape index (κ2) is 4.26. The standard InChI is InChI=1S/C17H18/c1-6-15-14(5)12(3)7-8-16(15)17-10-11(2)9-13(17)4/h1,7-8,10H,9H2,2-5H3. The Morgan fingerprint density at radius 2 is 1.82 bits per heavy atom. The van der Waals surface area contributed by atoms with Crippen LogP contribution in [0.1, 0.15) is 42.5 Å². The molecule has 0 unspecified atom stereocenters. The highest BCUT2D eigenvalue weighted by Crippen LogP contribution is 2.34. The first kappa shape index (κ1) is 11.7. The molecule has 0 N–H and O–H groups in total. The van der Waals surface area contributed by atoms with Gasteiger partial charge in [-0.05, 0) is 56.4 Å². The molecule has 0 atom stereocenters. The van der Waals surface area contributed by atoms with Crippen LogP contribution in [-0.4, -0.2) is 0 Å². The quantitative estimate of drug-likeness (QED) is 0.617. The molecule has 86 valence electrons. The van der Waals surface area contributed by atoms with Crippen LogP contribution in [0.15, 0.2) is 29.4 Å². The van der Waals surface area contributed by atoms with Crippen molar-refractivity contribution in [2.75, 3.05) is 0 Å². The highest BCUT2D eigenvalue weighted by molar-refractivity contribution is 5.84. The average molecular weight is 222 g/mol. The molecule has 17 heavy (non-hydrogen) atoms. The van der Waals surface area contributed by atoms with Crippen molar-refractivity contribution in [3.05, 3.63) is 51.6 Å². The third-order valence-corrected chi connectivity index (χ3v) is 3.56. The molecule has 0 saturated carbocycles. The molecular formula is C17H18. The fraction of sp³-hybridized carbons (Fsp3) is 0.294. The molecule has 1 aliphatic rings. The molecule has 0 bridgehead atoms. The van der Waals surface area contributed by atoms with Crippen LogP contribution in [0.2, 0.25) is 0 Å². The normalized spacial score (nSPS) is 14.9. The van der Waals surface area contributed by atoms with Gasteiger partial charge in [0.2, 0.25) is 0 Å². The van der Waals surface area contributed by atoms with E-state index in [0.29, 0.717) is 0 Å². The maximum atomic E-state index is 5.67. The summed E-state index contributed by atoms with van der Waals surface area (Å²) < 4.78 is 0. The zero-order valence-electron chi connectivity index (χ0n) is 11.0. The highest BCUT2D eigenvalue weighted by atomic mass is 14.2. The van der Waals surface area contributed by atoms with Crippen LogP contribution < -0.4 is 0 Å². The van der Waals surface area contributed by atoms with Gasteiger partial charge in [0.1, 0.15) is 0 Å². The zero-order chi connectivity index (χ0) is 12.6. The second-order valence-electron chi connectivity index (χ2n) is 4.94. The summed E-state index contributed by atoms with van der Waals surface area (Å²) in [5.41, 5.74) is 8.90. The Kier molecular flexibility index (Phi) is 2.94. The minimum Gasteiger partial charge on any atom is -0.115 e. The molecule has 0 aliphatic heterocycles. The summed E-state index contributed by atoms with van der Waals surface area (Å²) in [5.74, 6) is 2.85. The first-order chi connectivity index (χ1) is 8.04. The molecule has 0 heterocycles. The van der Waals surface area contributed by atoms with Gasteiger partial charge in [0, 0.05) is 5.56 Å². The van der Waals surface area contributed by atoms with Crippen LogP contribution in [0.4, 0.5) is 0 Å². The van der Waals surface area contributed by atoms with Gasteiger partial charge in [0.25, 0.3) is 0 Å². The van der Waals surface area contributed by atoms with Gasteiger partial charge in [-0.2, -0.15) is 0 Å². The molecule has 1 aliphatic carbocycles. The van der Waals surface area contributed by atoms with E-state index in [4.69, 9.17) is 6.42 Å². The Bertz CT molecular complexity index is 575. The van der Waals surface area contributed by atoms with Crippen molar-refractivity contribution in [1.29, 1.82) is 0 Å². The summed E-state index contributed by atoms with van der Waals surface area (Å²) in [7, 11) is 0. The zero-order valence-corrected chi connectivity index (χ0v) is 11.0. The van der Waals surface area contributed by atoms with Crippen molar-refractivity contribution in [3.8, 4) is 12.3 Å². The monoisotopic (exact) mass is 222 g/mol. The Morgan fingerprint density at radius 1 is 1.12 bits per heavy atom. The third kappa shape index (κ3) is 1.94.